The van der Waals surface area contributed by atoms with Crippen LogP contribution in [0.15, 0.2) is 53.6 Å². The average molecular weight is 405 g/mol. The smallest absolute Gasteiger partial charge is 0.306 e. The summed E-state index contributed by atoms with van der Waals surface area (Å²) >= 11 is 0. The Morgan fingerprint density at radius 1 is 1.03 bits per heavy atom. The van der Waals surface area contributed by atoms with E-state index in [1.54, 1.807) is 12.1 Å². The van der Waals surface area contributed by atoms with E-state index in [4.69, 9.17) is 0 Å². The van der Waals surface area contributed by atoms with Gasteiger partial charge in [0.2, 0.25) is 0 Å². The van der Waals surface area contributed by atoms with Gasteiger partial charge in [0, 0.05) is 5.69 Å². The number of rotatable bonds is 5. The Morgan fingerprint density at radius 3 is 2.57 bits per heavy atom. The highest BCUT2D eigenvalue weighted by atomic mass is 16.2. The van der Waals surface area contributed by atoms with E-state index in [1.165, 1.54) is 23.6 Å². The summed E-state index contributed by atoms with van der Waals surface area (Å²) in [5.74, 6) is -1.07. The predicted molar refractivity (Wildman–Crippen MR) is 115 cm³/mol. The fraction of sp³-hybridized carbons (Fsp3) is 0.273. The van der Waals surface area contributed by atoms with Gasteiger partial charge in [-0.1, -0.05) is 36.8 Å². The van der Waals surface area contributed by atoms with E-state index in [0.717, 1.165) is 31.5 Å². The Labute approximate surface area is 174 Å². The molecule has 0 atom stereocenters. The van der Waals surface area contributed by atoms with Crippen molar-refractivity contribution in [2.45, 2.75) is 19.3 Å². The third-order valence-electron chi connectivity index (χ3n) is 5.20. The summed E-state index contributed by atoms with van der Waals surface area (Å²) < 4.78 is 0. The SMILES string of the molecule is O=C(N/N=C/c1ccccc1)Nc1ccc2c(c1)C(=O)C(=O)N2CN1CCCCC1. The van der Waals surface area contributed by atoms with Gasteiger partial charge in [0.25, 0.3) is 5.78 Å². The van der Waals surface area contributed by atoms with Gasteiger partial charge < -0.3 is 5.32 Å². The van der Waals surface area contributed by atoms with E-state index in [2.05, 4.69) is 20.7 Å². The number of urea groups is 1. The molecule has 2 aromatic carbocycles. The molecule has 154 valence electrons. The largest absolute Gasteiger partial charge is 0.339 e. The number of anilines is 2. The number of nitrogens with one attached hydrogen (secondary N) is 2. The summed E-state index contributed by atoms with van der Waals surface area (Å²) in [6, 6.07) is 13.7. The van der Waals surface area contributed by atoms with Gasteiger partial charge in [-0.2, -0.15) is 5.10 Å². The lowest BCUT2D eigenvalue weighted by Gasteiger charge is -2.30. The maximum atomic E-state index is 12.5. The van der Waals surface area contributed by atoms with Gasteiger partial charge in [0.15, 0.2) is 0 Å². The highest BCUT2D eigenvalue weighted by Gasteiger charge is 2.37. The third-order valence-corrected chi connectivity index (χ3v) is 5.20. The second kappa shape index (κ2) is 8.87. The molecular formula is C22H23N5O3. The van der Waals surface area contributed by atoms with Crippen molar-refractivity contribution < 1.29 is 14.4 Å². The Hall–Kier alpha value is -3.52. The number of hydrogen-bond acceptors (Lipinski definition) is 5. The number of hydrogen-bond donors (Lipinski definition) is 2. The topological polar surface area (TPSA) is 94.1 Å². The number of amides is 3. The molecule has 2 N–H and O–H groups in total. The van der Waals surface area contributed by atoms with Crippen LogP contribution < -0.4 is 15.6 Å². The van der Waals surface area contributed by atoms with Gasteiger partial charge in [0.05, 0.1) is 24.1 Å². The summed E-state index contributed by atoms with van der Waals surface area (Å²) in [5.41, 5.74) is 4.55. The number of piperidine rings is 1. The molecule has 0 aromatic heterocycles. The number of benzene rings is 2. The molecule has 0 spiro atoms. The molecule has 1 fully saturated rings. The third kappa shape index (κ3) is 4.38. The summed E-state index contributed by atoms with van der Waals surface area (Å²) in [7, 11) is 0. The van der Waals surface area contributed by atoms with Crippen LogP contribution in [-0.2, 0) is 4.79 Å². The molecule has 3 amide bonds. The molecule has 8 heteroatoms. The zero-order valence-electron chi connectivity index (χ0n) is 16.5. The number of nitrogens with zero attached hydrogens (tertiary/aromatic N) is 3. The molecular weight excluding hydrogens is 382 g/mol. The molecule has 2 aliphatic rings. The number of ketones is 1. The number of carbonyl (C=O) groups is 3. The molecule has 8 nitrogen and oxygen atoms in total. The standard InChI is InChI=1S/C22H23N5O3/c28-20-18-13-17(24-22(30)25-23-14-16-7-3-1-4-8-16)9-10-19(18)27(21(20)29)15-26-11-5-2-6-12-26/h1,3-4,7-10,13-14H,2,5-6,11-12,15H2,(H2,24,25,30)/b23-14+. The van der Waals surface area contributed by atoms with Gasteiger partial charge >= 0.3 is 11.9 Å². The molecule has 4 rings (SSSR count). The van der Waals surface area contributed by atoms with E-state index in [0.29, 0.717) is 23.6 Å². The van der Waals surface area contributed by atoms with Gasteiger partial charge in [-0.25, -0.2) is 10.2 Å². The Bertz CT molecular complexity index is 984. The Kier molecular flexibility index (Phi) is 5.85. The highest BCUT2D eigenvalue weighted by Crippen LogP contribution is 2.31. The van der Waals surface area contributed by atoms with Crippen LogP contribution in [0, 0.1) is 0 Å². The molecule has 0 unspecified atom stereocenters. The van der Waals surface area contributed by atoms with Crippen LogP contribution >= 0.6 is 0 Å². The summed E-state index contributed by atoms with van der Waals surface area (Å²) in [6.07, 6.45) is 4.94. The molecule has 2 aromatic rings. The average Bonchev–Trinajstić information content (AvgIpc) is 3.00. The van der Waals surface area contributed by atoms with Crippen molar-refractivity contribution in [1.82, 2.24) is 10.3 Å². The fourth-order valence-corrected chi connectivity index (χ4v) is 3.68. The normalized spacial score (nSPS) is 16.7. The van der Waals surface area contributed by atoms with Crippen molar-refractivity contribution in [2.24, 2.45) is 5.10 Å². The van der Waals surface area contributed by atoms with Gasteiger partial charge in [-0.3, -0.25) is 19.4 Å². The zero-order chi connectivity index (χ0) is 20.9. The van der Waals surface area contributed by atoms with Gasteiger partial charge in [0.1, 0.15) is 0 Å². The molecule has 0 bridgehead atoms. The monoisotopic (exact) mass is 405 g/mol. The van der Waals surface area contributed by atoms with Crippen molar-refractivity contribution in [3.05, 3.63) is 59.7 Å². The minimum Gasteiger partial charge on any atom is -0.306 e. The van der Waals surface area contributed by atoms with Crippen LogP contribution in [-0.4, -0.2) is 48.6 Å². The maximum Gasteiger partial charge on any atom is 0.339 e. The predicted octanol–water partition coefficient (Wildman–Crippen LogP) is 2.81. The van der Waals surface area contributed by atoms with Crippen molar-refractivity contribution in [2.75, 3.05) is 30.0 Å². The van der Waals surface area contributed by atoms with Crippen molar-refractivity contribution in [3.8, 4) is 0 Å². The number of Topliss-reactive ketones (excluding diaryl/α,β-unsaturated/α-hetero) is 1. The fourth-order valence-electron chi connectivity index (χ4n) is 3.68. The van der Waals surface area contributed by atoms with E-state index in [1.807, 2.05) is 30.3 Å². The van der Waals surface area contributed by atoms with Crippen molar-refractivity contribution in [1.29, 1.82) is 0 Å². The molecule has 2 aliphatic heterocycles. The first-order valence-electron chi connectivity index (χ1n) is 9.99. The first-order valence-corrected chi connectivity index (χ1v) is 9.99. The van der Waals surface area contributed by atoms with E-state index in [9.17, 15) is 14.4 Å². The minimum absolute atomic E-state index is 0.308. The minimum atomic E-state index is -0.548. The lowest BCUT2D eigenvalue weighted by molar-refractivity contribution is -0.114. The second-order valence-corrected chi connectivity index (χ2v) is 7.35. The summed E-state index contributed by atoms with van der Waals surface area (Å²) in [5, 5.41) is 6.53. The molecule has 0 radical (unpaired) electrons. The van der Waals surface area contributed by atoms with Gasteiger partial charge in [-0.05, 0) is 49.7 Å². The molecule has 0 aliphatic carbocycles. The molecule has 2 heterocycles. The number of carbonyl (C=O) groups excluding carboxylic acids is 3. The molecule has 1 saturated heterocycles. The second-order valence-electron chi connectivity index (χ2n) is 7.35. The van der Waals surface area contributed by atoms with Crippen LogP contribution in [0.5, 0.6) is 0 Å². The highest BCUT2D eigenvalue weighted by molar-refractivity contribution is 6.52. The van der Waals surface area contributed by atoms with E-state index in [-0.39, 0.29) is 0 Å². The first kappa shape index (κ1) is 19.8. The van der Waals surface area contributed by atoms with Gasteiger partial charge in [-0.15, -0.1) is 0 Å². The van der Waals surface area contributed by atoms with Crippen LogP contribution in [0.3, 0.4) is 0 Å². The van der Waals surface area contributed by atoms with E-state index >= 15 is 0 Å². The number of likely N-dealkylation sites (tertiary alicyclic amines) is 1. The van der Waals surface area contributed by atoms with Crippen molar-refractivity contribution in [3.63, 3.8) is 0 Å². The van der Waals surface area contributed by atoms with E-state index < -0.39 is 17.7 Å². The maximum absolute atomic E-state index is 12.5. The van der Waals surface area contributed by atoms with Crippen LogP contribution in [0.2, 0.25) is 0 Å². The molecule has 0 saturated carbocycles. The lowest BCUT2D eigenvalue weighted by atomic mass is 10.1. The quantitative estimate of drug-likeness (QED) is 0.454. The van der Waals surface area contributed by atoms with Crippen LogP contribution in [0.1, 0.15) is 35.2 Å². The van der Waals surface area contributed by atoms with Crippen LogP contribution in [0.4, 0.5) is 16.2 Å². The molecule has 30 heavy (non-hydrogen) atoms. The van der Waals surface area contributed by atoms with Crippen LogP contribution in [0.25, 0.3) is 0 Å². The summed E-state index contributed by atoms with van der Waals surface area (Å²) in [4.78, 5) is 40.7. The Morgan fingerprint density at radius 2 is 1.80 bits per heavy atom. The zero-order valence-corrected chi connectivity index (χ0v) is 16.5. The lowest BCUT2D eigenvalue weighted by Crippen LogP contribution is -2.43. The number of fused-ring (bicyclic) bond motifs is 1. The Balaban J connectivity index is 1.40. The number of hydrazone groups is 1. The summed E-state index contributed by atoms with van der Waals surface area (Å²) in [6.45, 7) is 2.27. The van der Waals surface area contributed by atoms with Crippen molar-refractivity contribution >= 4 is 35.3 Å². The first-order chi connectivity index (χ1) is 14.6.